The zero-order valence-electron chi connectivity index (χ0n) is 18.7. The van der Waals surface area contributed by atoms with E-state index in [9.17, 15) is 0 Å². The number of benzene rings is 4. The Bertz CT molecular complexity index is 1120. The summed E-state index contributed by atoms with van der Waals surface area (Å²) in [5.74, 6) is 0. The molecule has 0 aromatic heterocycles. The van der Waals surface area contributed by atoms with Gasteiger partial charge in [0.25, 0.3) is 0 Å². The summed E-state index contributed by atoms with van der Waals surface area (Å²) in [6.45, 7) is 4.63. The van der Waals surface area contributed by atoms with Gasteiger partial charge in [-0.2, -0.15) is 0 Å². The first-order chi connectivity index (χ1) is 16.3. The molecule has 0 saturated carbocycles. The summed E-state index contributed by atoms with van der Waals surface area (Å²) in [4.78, 5) is 0. The third kappa shape index (κ3) is 4.79. The first kappa shape index (κ1) is 22.0. The molecule has 0 amide bonds. The summed E-state index contributed by atoms with van der Waals surface area (Å²) in [6.07, 6.45) is 5.72. The van der Waals surface area contributed by atoms with Crippen LogP contribution in [0.1, 0.15) is 6.42 Å². The monoisotopic (exact) mass is 462 g/mol. The zero-order chi connectivity index (χ0) is 22.5. The highest BCUT2D eigenvalue weighted by Gasteiger charge is 2.39. The molecule has 0 bridgehead atoms. The first-order valence-electron chi connectivity index (χ1n) is 11.5. The van der Waals surface area contributed by atoms with Crippen molar-refractivity contribution in [3.05, 3.63) is 146 Å². The topological polar surface area (TPSA) is 0 Å². The summed E-state index contributed by atoms with van der Waals surface area (Å²) >= 11 is 0. The van der Waals surface area contributed by atoms with Crippen molar-refractivity contribution in [2.45, 2.75) is 17.7 Å². The summed E-state index contributed by atoms with van der Waals surface area (Å²) in [7, 11) is -1.14. The largest absolute Gasteiger partial charge is 0.0952 e. The second-order valence-electron chi connectivity index (χ2n) is 8.31. The van der Waals surface area contributed by atoms with Gasteiger partial charge >= 0.3 is 0 Å². The van der Waals surface area contributed by atoms with Gasteiger partial charge in [0.05, 0.1) is 0 Å². The van der Waals surface area contributed by atoms with Crippen LogP contribution in [0.5, 0.6) is 0 Å². The van der Waals surface area contributed by atoms with Gasteiger partial charge in [-0.25, -0.2) is 0 Å². The molecule has 2 heteroatoms. The lowest BCUT2D eigenvalue weighted by Crippen LogP contribution is -2.37. The third-order valence-corrected chi connectivity index (χ3v) is 12.3. The predicted octanol–water partition coefficient (Wildman–Crippen LogP) is 6.51. The molecule has 0 saturated heterocycles. The van der Waals surface area contributed by atoms with Crippen LogP contribution < -0.4 is 21.2 Å². The van der Waals surface area contributed by atoms with Crippen molar-refractivity contribution in [2.75, 3.05) is 0 Å². The summed E-state index contributed by atoms with van der Waals surface area (Å²) in [6, 6.07) is 44.5. The van der Waals surface area contributed by atoms with E-state index < -0.39 is 15.8 Å². The predicted molar refractivity (Wildman–Crippen MR) is 149 cm³/mol. The lowest BCUT2D eigenvalue weighted by atomic mass is 10.0. The maximum Gasteiger partial charge on any atom is 0.0192 e. The summed E-state index contributed by atoms with van der Waals surface area (Å²) < 4.78 is 0. The molecule has 0 nitrogen and oxygen atoms in total. The van der Waals surface area contributed by atoms with Crippen LogP contribution in [0.2, 0.25) is 0 Å². The van der Waals surface area contributed by atoms with Crippen molar-refractivity contribution in [2.24, 2.45) is 0 Å². The molecule has 0 spiro atoms. The van der Waals surface area contributed by atoms with Crippen LogP contribution in [0.4, 0.5) is 0 Å². The minimum atomic E-state index is -0.595. The number of rotatable bonds is 6. The van der Waals surface area contributed by atoms with Crippen molar-refractivity contribution in [1.29, 1.82) is 0 Å². The normalized spacial score (nSPS) is 18.1. The summed E-state index contributed by atoms with van der Waals surface area (Å²) in [5, 5.41) is 5.77. The third-order valence-electron chi connectivity index (χ3n) is 6.20. The van der Waals surface area contributed by atoms with Gasteiger partial charge in [0.1, 0.15) is 0 Å². The maximum atomic E-state index is 4.63. The molecular weight excluding hydrogens is 434 g/mol. The van der Waals surface area contributed by atoms with Crippen molar-refractivity contribution < 1.29 is 0 Å². The summed E-state index contributed by atoms with van der Waals surface area (Å²) in [5.41, 5.74) is 2.15. The number of allylic oxidation sites excluding steroid dienone is 3. The molecule has 0 aliphatic heterocycles. The van der Waals surface area contributed by atoms with Crippen LogP contribution in [0, 0.1) is 0 Å². The number of hydrogen-bond donors (Lipinski definition) is 0. The standard InChI is InChI=1S/C31H28P2/c1-25-15-14-24-30(32(26-16-6-2-7-17-26)27-18-8-3-9-19-27)31(25)33(28-20-10-4-11-21-28)29-22-12-5-13-23-29/h2-23,30-31H,1,24H2/t30-,31-/m1/s1. The molecule has 0 unspecified atom stereocenters. The van der Waals surface area contributed by atoms with Crippen LogP contribution in [0.15, 0.2) is 146 Å². The van der Waals surface area contributed by atoms with Gasteiger partial charge in [-0.3, -0.25) is 0 Å². The average Bonchev–Trinajstić information content (AvgIpc) is 2.89. The van der Waals surface area contributed by atoms with Gasteiger partial charge in [-0.05, 0) is 49.1 Å². The Balaban J connectivity index is 1.68. The van der Waals surface area contributed by atoms with E-state index in [1.165, 1.54) is 26.8 Å². The smallest absolute Gasteiger partial charge is 0.0192 e. The molecule has 1 aliphatic rings. The fourth-order valence-corrected chi connectivity index (χ4v) is 11.2. The molecule has 162 valence electrons. The van der Waals surface area contributed by atoms with Crippen LogP contribution in [0.3, 0.4) is 0 Å². The molecule has 33 heavy (non-hydrogen) atoms. The van der Waals surface area contributed by atoms with Crippen LogP contribution in [-0.4, -0.2) is 11.3 Å². The molecular formula is C31H28P2. The quantitative estimate of drug-likeness (QED) is 0.287. The van der Waals surface area contributed by atoms with E-state index in [-0.39, 0.29) is 0 Å². The molecule has 0 N–H and O–H groups in total. The SMILES string of the molecule is C=C1C=CC[C@@H](P(c2ccccc2)c2ccccc2)[C@@H]1P(c1ccccc1)c1ccccc1. The molecule has 2 atom stereocenters. The fraction of sp³-hybridized carbons (Fsp3) is 0.0968. The van der Waals surface area contributed by atoms with E-state index in [4.69, 9.17) is 0 Å². The van der Waals surface area contributed by atoms with Crippen molar-refractivity contribution in [3.63, 3.8) is 0 Å². The van der Waals surface area contributed by atoms with Gasteiger partial charge < -0.3 is 0 Å². The van der Waals surface area contributed by atoms with Crippen LogP contribution in [0.25, 0.3) is 0 Å². The molecule has 0 heterocycles. The fourth-order valence-electron chi connectivity index (χ4n) is 4.77. The minimum Gasteiger partial charge on any atom is -0.0952 e. The molecule has 4 aromatic carbocycles. The van der Waals surface area contributed by atoms with E-state index in [2.05, 4.69) is 140 Å². The van der Waals surface area contributed by atoms with Gasteiger partial charge in [-0.15, -0.1) is 0 Å². The Hall–Kier alpha value is -2.78. The molecule has 1 aliphatic carbocycles. The maximum absolute atomic E-state index is 4.63. The molecule has 4 aromatic rings. The Morgan fingerprint density at radius 3 is 1.27 bits per heavy atom. The van der Waals surface area contributed by atoms with Crippen LogP contribution in [-0.2, 0) is 0 Å². The zero-order valence-corrected chi connectivity index (χ0v) is 20.5. The Morgan fingerprint density at radius 1 is 0.515 bits per heavy atom. The highest BCUT2D eigenvalue weighted by molar-refractivity contribution is 7.77. The molecule has 5 rings (SSSR count). The van der Waals surface area contributed by atoms with E-state index in [1.54, 1.807) is 0 Å². The second kappa shape index (κ2) is 10.4. The Morgan fingerprint density at radius 2 is 0.879 bits per heavy atom. The van der Waals surface area contributed by atoms with Crippen molar-refractivity contribution >= 4 is 37.1 Å². The van der Waals surface area contributed by atoms with Crippen molar-refractivity contribution in [3.8, 4) is 0 Å². The minimum absolute atomic E-state index is 0.390. The van der Waals surface area contributed by atoms with Gasteiger partial charge in [0.2, 0.25) is 0 Å². The highest BCUT2D eigenvalue weighted by Crippen LogP contribution is 2.56. The van der Waals surface area contributed by atoms with E-state index in [0.29, 0.717) is 11.3 Å². The van der Waals surface area contributed by atoms with Gasteiger partial charge in [0.15, 0.2) is 0 Å². The van der Waals surface area contributed by atoms with Crippen molar-refractivity contribution in [1.82, 2.24) is 0 Å². The second-order valence-corrected chi connectivity index (χ2v) is 13.1. The van der Waals surface area contributed by atoms with Crippen LogP contribution >= 0.6 is 15.8 Å². The lowest BCUT2D eigenvalue weighted by molar-refractivity contribution is 0.847. The highest BCUT2D eigenvalue weighted by atomic mass is 31.1. The van der Waals surface area contributed by atoms with Gasteiger partial charge in [-0.1, -0.05) is 140 Å². The molecule has 0 radical (unpaired) electrons. The average molecular weight is 463 g/mol. The Labute approximate surface area is 200 Å². The van der Waals surface area contributed by atoms with E-state index in [0.717, 1.165) is 6.42 Å². The Kier molecular flexibility index (Phi) is 6.97. The molecule has 0 fully saturated rings. The number of hydrogen-bond acceptors (Lipinski definition) is 0. The first-order valence-corrected chi connectivity index (χ1v) is 14.3. The van der Waals surface area contributed by atoms with E-state index >= 15 is 0 Å². The lowest BCUT2D eigenvalue weighted by Gasteiger charge is -2.41. The van der Waals surface area contributed by atoms with Gasteiger partial charge in [0, 0.05) is 11.3 Å². The van der Waals surface area contributed by atoms with E-state index in [1.807, 2.05) is 0 Å².